The van der Waals surface area contributed by atoms with E-state index in [1.807, 2.05) is 6.92 Å². The van der Waals surface area contributed by atoms with Gasteiger partial charge in [0, 0.05) is 18.4 Å². The number of nitrogens with zero attached hydrogens (tertiary/aromatic N) is 1. The predicted molar refractivity (Wildman–Crippen MR) is 86.3 cm³/mol. The fraction of sp³-hybridized carbons (Fsp3) is 0.538. The Morgan fingerprint density at radius 3 is 2.90 bits per heavy atom. The lowest BCUT2D eigenvalue weighted by Gasteiger charge is -2.29. The average molecular weight is 341 g/mol. The molecule has 1 amide bonds. The van der Waals surface area contributed by atoms with Crippen molar-refractivity contribution in [3.8, 4) is 0 Å². The molecule has 4 nitrogen and oxygen atoms in total. The van der Waals surface area contributed by atoms with E-state index in [1.165, 1.54) is 12.6 Å². The molecule has 1 fully saturated rings. The van der Waals surface area contributed by atoms with Crippen molar-refractivity contribution in [2.75, 3.05) is 13.1 Å². The van der Waals surface area contributed by atoms with E-state index in [0.29, 0.717) is 16.5 Å². The highest BCUT2D eigenvalue weighted by Gasteiger charge is 2.22. The van der Waals surface area contributed by atoms with Gasteiger partial charge in [0.2, 0.25) is 0 Å². The molecule has 7 heteroatoms. The fourth-order valence-corrected chi connectivity index (χ4v) is 2.47. The molecule has 1 aliphatic rings. The summed E-state index contributed by atoms with van der Waals surface area (Å²) in [6.07, 6.45) is 5.39. The number of amides is 1. The van der Waals surface area contributed by atoms with Gasteiger partial charge in [0.1, 0.15) is 0 Å². The van der Waals surface area contributed by atoms with Crippen LogP contribution >= 0.6 is 36.4 Å². The molecule has 1 aromatic heterocycles. The van der Waals surface area contributed by atoms with Gasteiger partial charge in [-0.15, -0.1) is 24.8 Å². The third kappa shape index (κ3) is 5.09. The van der Waals surface area contributed by atoms with Crippen LogP contribution in [0.15, 0.2) is 18.5 Å². The first-order valence-electron chi connectivity index (χ1n) is 6.29. The quantitative estimate of drug-likeness (QED) is 0.889. The fourth-order valence-electron chi connectivity index (χ4n) is 2.27. The van der Waals surface area contributed by atoms with Crippen molar-refractivity contribution in [1.82, 2.24) is 15.6 Å². The molecule has 2 atom stereocenters. The van der Waals surface area contributed by atoms with Gasteiger partial charge in [-0.1, -0.05) is 11.6 Å². The Labute approximate surface area is 136 Å². The number of aromatic nitrogens is 1. The second kappa shape index (κ2) is 9.40. The molecular formula is C13H20Cl3N3O. The van der Waals surface area contributed by atoms with Crippen LogP contribution in [0.4, 0.5) is 0 Å². The van der Waals surface area contributed by atoms with E-state index >= 15 is 0 Å². The SMILES string of the molecule is CC(NC(=O)c1ccncc1Cl)C1CCCNC1.Cl.Cl. The molecule has 114 valence electrons. The van der Waals surface area contributed by atoms with E-state index < -0.39 is 0 Å². The van der Waals surface area contributed by atoms with Gasteiger partial charge >= 0.3 is 0 Å². The number of hydrogen-bond acceptors (Lipinski definition) is 3. The zero-order valence-electron chi connectivity index (χ0n) is 11.3. The largest absolute Gasteiger partial charge is 0.349 e. The van der Waals surface area contributed by atoms with Crippen LogP contribution in [-0.2, 0) is 0 Å². The number of carbonyl (C=O) groups excluding carboxylic acids is 1. The molecule has 0 aromatic carbocycles. The van der Waals surface area contributed by atoms with Crippen molar-refractivity contribution in [3.63, 3.8) is 0 Å². The molecule has 2 heterocycles. The van der Waals surface area contributed by atoms with E-state index in [-0.39, 0.29) is 36.8 Å². The molecule has 2 rings (SSSR count). The minimum absolute atomic E-state index is 0. The first kappa shape index (κ1) is 19.4. The maximum atomic E-state index is 12.1. The van der Waals surface area contributed by atoms with Gasteiger partial charge in [0.25, 0.3) is 5.91 Å². The van der Waals surface area contributed by atoms with Crippen LogP contribution in [0.5, 0.6) is 0 Å². The van der Waals surface area contributed by atoms with E-state index in [9.17, 15) is 4.79 Å². The molecule has 0 bridgehead atoms. The van der Waals surface area contributed by atoms with Gasteiger partial charge in [-0.3, -0.25) is 9.78 Å². The second-order valence-electron chi connectivity index (χ2n) is 4.72. The van der Waals surface area contributed by atoms with Crippen LogP contribution in [0.2, 0.25) is 5.02 Å². The first-order valence-corrected chi connectivity index (χ1v) is 6.67. The van der Waals surface area contributed by atoms with Gasteiger partial charge in [-0.2, -0.15) is 0 Å². The van der Waals surface area contributed by atoms with Crippen molar-refractivity contribution < 1.29 is 4.79 Å². The van der Waals surface area contributed by atoms with Crippen LogP contribution in [-0.4, -0.2) is 30.0 Å². The molecule has 1 saturated heterocycles. The summed E-state index contributed by atoms with van der Waals surface area (Å²) in [6, 6.07) is 1.79. The van der Waals surface area contributed by atoms with E-state index in [2.05, 4.69) is 15.6 Å². The summed E-state index contributed by atoms with van der Waals surface area (Å²) in [6.45, 7) is 4.09. The van der Waals surface area contributed by atoms with Gasteiger partial charge < -0.3 is 10.6 Å². The topological polar surface area (TPSA) is 54.0 Å². The number of hydrogen-bond donors (Lipinski definition) is 2. The van der Waals surface area contributed by atoms with Crippen LogP contribution in [0.25, 0.3) is 0 Å². The van der Waals surface area contributed by atoms with E-state index in [4.69, 9.17) is 11.6 Å². The monoisotopic (exact) mass is 339 g/mol. The van der Waals surface area contributed by atoms with Gasteiger partial charge in [0.15, 0.2) is 0 Å². The molecule has 0 spiro atoms. The van der Waals surface area contributed by atoms with Crippen LogP contribution in [0.3, 0.4) is 0 Å². The summed E-state index contributed by atoms with van der Waals surface area (Å²) in [4.78, 5) is 15.9. The predicted octanol–water partition coefficient (Wildman–Crippen LogP) is 2.70. The third-order valence-corrected chi connectivity index (χ3v) is 3.72. The normalized spacial score (nSPS) is 19.2. The highest BCUT2D eigenvalue weighted by molar-refractivity contribution is 6.33. The van der Waals surface area contributed by atoms with Crippen molar-refractivity contribution in [2.24, 2.45) is 5.92 Å². The number of nitrogens with one attached hydrogen (secondary N) is 2. The molecule has 1 aliphatic heterocycles. The summed E-state index contributed by atoms with van der Waals surface area (Å²) < 4.78 is 0. The standard InChI is InChI=1S/C13H18ClN3O.2ClH/c1-9(10-3-2-5-15-7-10)17-13(18)11-4-6-16-8-12(11)14;;/h4,6,8-10,15H,2-3,5,7H2,1H3,(H,17,18);2*1H. The highest BCUT2D eigenvalue weighted by atomic mass is 35.5. The Morgan fingerprint density at radius 1 is 1.55 bits per heavy atom. The summed E-state index contributed by atoms with van der Waals surface area (Å²) >= 11 is 5.95. The molecule has 0 saturated carbocycles. The Hall–Kier alpha value is -0.550. The smallest absolute Gasteiger partial charge is 0.253 e. The van der Waals surface area contributed by atoms with Crippen LogP contribution in [0.1, 0.15) is 30.1 Å². The molecule has 0 aliphatic carbocycles. The van der Waals surface area contributed by atoms with Gasteiger partial charge in [-0.25, -0.2) is 0 Å². The van der Waals surface area contributed by atoms with E-state index in [0.717, 1.165) is 19.5 Å². The lowest BCUT2D eigenvalue weighted by molar-refractivity contribution is 0.0922. The molecule has 0 radical (unpaired) electrons. The van der Waals surface area contributed by atoms with Gasteiger partial charge in [-0.05, 0) is 44.8 Å². The number of pyridine rings is 1. The van der Waals surface area contributed by atoms with Crippen molar-refractivity contribution in [3.05, 3.63) is 29.0 Å². The number of rotatable bonds is 3. The molecule has 2 unspecified atom stereocenters. The van der Waals surface area contributed by atoms with Gasteiger partial charge in [0.05, 0.1) is 10.6 Å². The molecular weight excluding hydrogens is 321 g/mol. The molecule has 20 heavy (non-hydrogen) atoms. The number of carbonyl (C=O) groups is 1. The van der Waals surface area contributed by atoms with Crippen molar-refractivity contribution in [2.45, 2.75) is 25.8 Å². The summed E-state index contributed by atoms with van der Waals surface area (Å²) in [5, 5.41) is 6.76. The Kier molecular flexibility index (Phi) is 9.14. The molecule has 2 N–H and O–H groups in total. The maximum absolute atomic E-state index is 12.1. The molecule has 1 aromatic rings. The number of halogens is 3. The summed E-state index contributed by atoms with van der Waals surface area (Å²) in [5.41, 5.74) is 0.488. The van der Waals surface area contributed by atoms with Crippen LogP contribution in [0, 0.1) is 5.92 Å². The minimum atomic E-state index is -0.125. The Bertz CT molecular complexity index is 425. The van der Waals surface area contributed by atoms with Crippen LogP contribution < -0.4 is 10.6 Å². The maximum Gasteiger partial charge on any atom is 0.253 e. The Morgan fingerprint density at radius 2 is 2.30 bits per heavy atom. The third-order valence-electron chi connectivity index (χ3n) is 3.42. The zero-order valence-corrected chi connectivity index (χ0v) is 13.7. The van der Waals surface area contributed by atoms with Crippen molar-refractivity contribution in [1.29, 1.82) is 0 Å². The number of piperidine rings is 1. The minimum Gasteiger partial charge on any atom is -0.349 e. The van der Waals surface area contributed by atoms with E-state index in [1.54, 1.807) is 12.3 Å². The zero-order chi connectivity index (χ0) is 13.0. The summed E-state index contributed by atoms with van der Waals surface area (Å²) in [5.74, 6) is 0.365. The second-order valence-corrected chi connectivity index (χ2v) is 5.13. The first-order chi connectivity index (χ1) is 8.68. The average Bonchev–Trinajstić information content (AvgIpc) is 2.40. The Balaban J connectivity index is 0.00000180. The lowest BCUT2D eigenvalue weighted by atomic mass is 9.92. The highest BCUT2D eigenvalue weighted by Crippen LogP contribution is 2.17. The lowest BCUT2D eigenvalue weighted by Crippen LogP contribution is -2.44. The van der Waals surface area contributed by atoms with Crippen molar-refractivity contribution >= 4 is 42.3 Å². The summed E-state index contributed by atoms with van der Waals surface area (Å²) in [7, 11) is 0.